The van der Waals surface area contributed by atoms with Crippen LogP contribution in [0.2, 0.25) is 10.0 Å². The van der Waals surface area contributed by atoms with Crippen molar-refractivity contribution in [3.8, 4) is 0 Å². The number of carbonyl (C=O) groups excluding carboxylic acids is 2. The number of aromatic nitrogens is 3. The van der Waals surface area contributed by atoms with Crippen LogP contribution < -0.4 is 10.6 Å². The van der Waals surface area contributed by atoms with E-state index >= 15 is 0 Å². The molecular formula is C25H27Cl2N5O2S. The minimum absolute atomic E-state index is 0.0150. The van der Waals surface area contributed by atoms with Crippen LogP contribution >= 0.6 is 35.0 Å². The highest BCUT2D eigenvalue weighted by molar-refractivity contribution is 7.99. The molecule has 0 unspecified atom stereocenters. The van der Waals surface area contributed by atoms with Crippen molar-refractivity contribution >= 4 is 52.5 Å². The van der Waals surface area contributed by atoms with Gasteiger partial charge in [0.1, 0.15) is 0 Å². The van der Waals surface area contributed by atoms with E-state index in [0.717, 1.165) is 5.56 Å². The van der Waals surface area contributed by atoms with Gasteiger partial charge in [-0.15, -0.1) is 16.8 Å². The Morgan fingerprint density at radius 1 is 1.11 bits per heavy atom. The van der Waals surface area contributed by atoms with Gasteiger partial charge in [0.2, 0.25) is 5.91 Å². The van der Waals surface area contributed by atoms with Crippen LogP contribution in [-0.4, -0.2) is 32.3 Å². The van der Waals surface area contributed by atoms with Crippen LogP contribution in [0.3, 0.4) is 0 Å². The zero-order valence-corrected chi connectivity index (χ0v) is 22.0. The minimum Gasteiger partial charge on any atom is -0.342 e. The average Bonchev–Trinajstić information content (AvgIpc) is 3.21. The Kier molecular flexibility index (Phi) is 9.37. The molecular weight excluding hydrogens is 505 g/mol. The number of nitrogens with zero attached hydrogens (tertiary/aromatic N) is 3. The Morgan fingerprint density at radius 3 is 2.51 bits per heavy atom. The van der Waals surface area contributed by atoms with Crippen molar-refractivity contribution in [2.24, 2.45) is 5.92 Å². The van der Waals surface area contributed by atoms with Crippen LogP contribution in [-0.2, 0) is 11.3 Å². The Balaban J connectivity index is 1.77. The SMILES string of the molecule is C=CCn1c(SCC(=O)Nc2cccc(Cl)c2C)nnc1[C@H](NC(=O)c1ccccc1Cl)C(C)C. The molecule has 184 valence electrons. The first-order valence-electron chi connectivity index (χ1n) is 11.0. The van der Waals surface area contributed by atoms with Gasteiger partial charge in [0.05, 0.1) is 22.4 Å². The van der Waals surface area contributed by atoms with E-state index in [9.17, 15) is 9.59 Å². The van der Waals surface area contributed by atoms with Crippen molar-refractivity contribution in [3.63, 3.8) is 0 Å². The lowest BCUT2D eigenvalue weighted by Crippen LogP contribution is -2.34. The molecule has 0 aliphatic carbocycles. The van der Waals surface area contributed by atoms with E-state index in [-0.39, 0.29) is 23.5 Å². The summed E-state index contributed by atoms with van der Waals surface area (Å²) in [6.07, 6.45) is 1.72. The van der Waals surface area contributed by atoms with Gasteiger partial charge < -0.3 is 15.2 Å². The minimum atomic E-state index is -0.427. The van der Waals surface area contributed by atoms with Crippen molar-refractivity contribution in [2.75, 3.05) is 11.1 Å². The molecule has 2 amide bonds. The van der Waals surface area contributed by atoms with E-state index in [2.05, 4.69) is 27.4 Å². The first-order chi connectivity index (χ1) is 16.7. The molecule has 0 aliphatic heterocycles. The second kappa shape index (κ2) is 12.2. The molecule has 10 heteroatoms. The zero-order valence-electron chi connectivity index (χ0n) is 19.7. The molecule has 1 atom stereocenters. The van der Waals surface area contributed by atoms with Crippen molar-refractivity contribution in [1.29, 1.82) is 0 Å². The van der Waals surface area contributed by atoms with E-state index in [1.54, 1.807) is 48.5 Å². The number of rotatable bonds is 10. The molecule has 7 nitrogen and oxygen atoms in total. The monoisotopic (exact) mass is 531 g/mol. The first-order valence-corrected chi connectivity index (χ1v) is 12.7. The quantitative estimate of drug-likeness (QED) is 0.249. The molecule has 0 radical (unpaired) electrons. The predicted octanol–water partition coefficient (Wildman–Crippen LogP) is 5.94. The molecule has 0 aliphatic rings. The maximum atomic E-state index is 12.9. The topological polar surface area (TPSA) is 88.9 Å². The number of nitrogens with one attached hydrogen (secondary N) is 2. The van der Waals surface area contributed by atoms with Gasteiger partial charge in [-0.2, -0.15) is 0 Å². The van der Waals surface area contributed by atoms with E-state index in [1.165, 1.54) is 11.8 Å². The third kappa shape index (κ3) is 6.66. The van der Waals surface area contributed by atoms with Crippen molar-refractivity contribution in [2.45, 2.75) is 38.5 Å². The standard InChI is InChI=1S/C25H27Cl2N5O2S/c1-5-13-32-23(22(15(2)3)29-24(34)17-9-6-7-10-19(17)27)30-31-25(32)35-14-21(33)28-20-12-8-11-18(26)16(20)4/h5-12,15,22H,1,13-14H2,2-4H3,(H,28,33)(H,29,34)/t22-/m1/s1. The van der Waals surface area contributed by atoms with Gasteiger partial charge in [0.15, 0.2) is 11.0 Å². The number of anilines is 1. The number of allylic oxidation sites excluding steroid dienone is 1. The van der Waals surface area contributed by atoms with Gasteiger partial charge in [-0.3, -0.25) is 9.59 Å². The normalized spacial score (nSPS) is 11.8. The fraction of sp³-hybridized carbons (Fsp3) is 0.280. The van der Waals surface area contributed by atoms with Gasteiger partial charge in [-0.25, -0.2) is 0 Å². The molecule has 0 saturated heterocycles. The van der Waals surface area contributed by atoms with Crippen LogP contribution in [0.5, 0.6) is 0 Å². The Hall–Kier alpha value is -2.81. The van der Waals surface area contributed by atoms with E-state index in [0.29, 0.717) is 38.8 Å². The summed E-state index contributed by atoms with van der Waals surface area (Å²) in [5.41, 5.74) is 1.86. The lowest BCUT2D eigenvalue weighted by atomic mass is 10.0. The number of hydrogen-bond donors (Lipinski definition) is 2. The molecule has 0 fully saturated rings. The molecule has 1 aromatic heterocycles. The average molecular weight is 532 g/mol. The number of hydrogen-bond acceptors (Lipinski definition) is 5. The van der Waals surface area contributed by atoms with Gasteiger partial charge in [-0.05, 0) is 42.7 Å². The van der Waals surface area contributed by atoms with Crippen LogP contribution in [0.4, 0.5) is 5.69 Å². The van der Waals surface area contributed by atoms with Crippen molar-refractivity contribution < 1.29 is 9.59 Å². The lowest BCUT2D eigenvalue weighted by molar-refractivity contribution is -0.113. The molecule has 0 bridgehead atoms. The van der Waals surface area contributed by atoms with Crippen LogP contribution in [0.1, 0.15) is 41.6 Å². The highest BCUT2D eigenvalue weighted by atomic mass is 35.5. The van der Waals surface area contributed by atoms with Crippen LogP contribution in [0.15, 0.2) is 60.3 Å². The highest BCUT2D eigenvalue weighted by Crippen LogP contribution is 2.27. The summed E-state index contributed by atoms with van der Waals surface area (Å²) in [5.74, 6) is 0.227. The molecule has 0 spiro atoms. The Labute approximate surface area is 219 Å². The summed E-state index contributed by atoms with van der Waals surface area (Å²) in [4.78, 5) is 25.5. The molecule has 2 aromatic carbocycles. The maximum Gasteiger partial charge on any atom is 0.253 e. The summed E-state index contributed by atoms with van der Waals surface area (Å²) in [6.45, 7) is 10.1. The van der Waals surface area contributed by atoms with E-state index in [4.69, 9.17) is 23.2 Å². The third-order valence-corrected chi connectivity index (χ3v) is 6.99. The predicted molar refractivity (Wildman–Crippen MR) is 142 cm³/mol. The summed E-state index contributed by atoms with van der Waals surface area (Å²) in [7, 11) is 0. The number of thioether (sulfide) groups is 1. The summed E-state index contributed by atoms with van der Waals surface area (Å²) in [5, 5.41) is 16.1. The van der Waals surface area contributed by atoms with Crippen molar-refractivity contribution in [1.82, 2.24) is 20.1 Å². The molecule has 3 aromatic rings. The number of halogens is 2. The van der Waals surface area contributed by atoms with Crippen LogP contribution in [0, 0.1) is 12.8 Å². The first kappa shape index (κ1) is 26.8. The molecule has 35 heavy (non-hydrogen) atoms. The van der Waals surface area contributed by atoms with Crippen LogP contribution in [0.25, 0.3) is 0 Å². The Morgan fingerprint density at radius 2 is 1.83 bits per heavy atom. The zero-order chi connectivity index (χ0) is 25.5. The van der Waals surface area contributed by atoms with Gasteiger partial charge >= 0.3 is 0 Å². The van der Waals surface area contributed by atoms with E-state index in [1.807, 2.05) is 25.3 Å². The molecule has 1 heterocycles. The highest BCUT2D eigenvalue weighted by Gasteiger charge is 2.27. The number of benzene rings is 2. The summed E-state index contributed by atoms with van der Waals surface area (Å²) >= 11 is 13.6. The second-order valence-electron chi connectivity index (χ2n) is 8.16. The van der Waals surface area contributed by atoms with Gasteiger partial charge in [0, 0.05) is 17.3 Å². The fourth-order valence-electron chi connectivity index (χ4n) is 3.39. The number of amides is 2. The van der Waals surface area contributed by atoms with E-state index < -0.39 is 6.04 Å². The third-order valence-electron chi connectivity index (χ3n) is 5.28. The number of carbonyl (C=O) groups is 2. The van der Waals surface area contributed by atoms with Gasteiger partial charge in [-0.1, -0.05) is 73.1 Å². The lowest BCUT2D eigenvalue weighted by Gasteiger charge is -2.23. The maximum absolute atomic E-state index is 12.9. The fourth-order valence-corrected chi connectivity index (χ4v) is 4.54. The molecule has 0 saturated carbocycles. The second-order valence-corrected chi connectivity index (χ2v) is 9.92. The van der Waals surface area contributed by atoms with Crippen molar-refractivity contribution in [3.05, 3.63) is 82.1 Å². The Bertz CT molecular complexity index is 1230. The smallest absolute Gasteiger partial charge is 0.253 e. The summed E-state index contributed by atoms with van der Waals surface area (Å²) < 4.78 is 1.85. The molecule has 2 N–H and O–H groups in total. The largest absolute Gasteiger partial charge is 0.342 e. The summed E-state index contributed by atoms with van der Waals surface area (Å²) in [6, 6.07) is 11.8. The molecule has 3 rings (SSSR count). The van der Waals surface area contributed by atoms with Gasteiger partial charge in [0.25, 0.3) is 5.91 Å².